The van der Waals surface area contributed by atoms with Crippen LogP contribution < -0.4 is 16.4 Å². The normalized spacial score (nSPS) is 18.4. The third-order valence-corrected chi connectivity index (χ3v) is 4.45. The number of nitrogens with one attached hydrogen (secondary N) is 2. The van der Waals surface area contributed by atoms with Crippen LogP contribution in [0.25, 0.3) is 0 Å². The van der Waals surface area contributed by atoms with Crippen LogP contribution in [0, 0.1) is 6.92 Å². The van der Waals surface area contributed by atoms with Crippen LogP contribution in [0.5, 0.6) is 0 Å². The van der Waals surface area contributed by atoms with Crippen LogP contribution in [0.1, 0.15) is 28.8 Å². The van der Waals surface area contributed by atoms with Gasteiger partial charge in [-0.05, 0) is 49.6 Å². The van der Waals surface area contributed by atoms with Gasteiger partial charge in [0.2, 0.25) is 0 Å². The van der Waals surface area contributed by atoms with E-state index < -0.39 is 6.10 Å². The van der Waals surface area contributed by atoms with Gasteiger partial charge in [-0.15, -0.1) is 12.4 Å². The molecule has 2 aromatic rings. The average molecular weight is 390 g/mol. The number of nitrogens with two attached hydrogens (primary N) is 1. The van der Waals surface area contributed by atoms with Crippen LogP contribution >= 0.6 is 12.4 Å². The number of aryl methyl sites for hydroxylation is 1. The van der Waals surface area contributed by atoms with Gasteiger partial charge in [-0.25, -0.2) is 0 Å². The summed E-state index contributed by atoms with van der Waals surface area (Å²) >= 11 is 0. The molecule has 2 amide bonds. The number of anilines is 2. The first-order valence-electron chi connectivity index (χ1n) is 8.70. The molecule has 1 saturated heterocycles. The number of hydrogen-bond donors (Lipinski definition) is 3. The van der Waals surface area contributed by atoms with Gasteiger partial charge in [-0.1, -0.05) is 24.3 Å². The molecule has 1 fully saturated rings. The van der Waals surface area contributed by atoms with Crippen molar-refractivity contribution >= 4 is 35.6 Å². The van der Waals surface area contributed by atoms with E-state index in [0.29, 0.717) is 29.9 Å². The van der Waals surface area contributed by atoms with E-state index in [1.54, 1.807) is 18.2 Å². The monoisotopic (exact) mass is 389 g/mol. The summed E-state index contributed by atoms with van der Waals surface area (Å²) in [4.78, 5) is 24.7. The lowest BCUT2D eigenvalue weighted by Gasteiger charge is -2.15. The van der Waals surface area contributed by atoms with Gasteiger partial charge in [-0.3, -0.25) is 9.59 Å². The largest absolute Gasteiger partial charge is 0.364 e. The Hall–Kier alpha value is -2.41. The summed E-state index contributed by atoms with van der Waals surface area (Å²) in [6, 6.07) is 14.4. The molecular weight excluding hydrogens is 366 g/mol. The van der Waals surface area contributed by atoms with Gasteiger partial charge in [0.1, 0.15) is 6.10 Å². The highest BCUT2D eigenvalue weighted by Gasteiger charge is 2.30. The van der Waals surface area contributed by atoms with Crippen molar-refractivity contribution in [2.45, 2.75) is 32.0 Å². The third kappa shape index (κ3) is 5.29. The quantitative estimate of drug-likeness (QED) is 0.732. The van der Waals surface area contributed by atoms with Crippen LogP contribution in [0.2, 0.25) is 0 Å². The molecule has 1 aliphatic rings. The summed E-state index contributed by atoms with van der Waals surface area (Å²) in [6.45, 7) is 2.32. The van der Waals surface area contributed by atoms with Crippen molar-refractivity contribution < 1.29 is 14.3 Å². The first-order valence-corrected chi connectivity index (χ1v) is 8.70. The fourth-order valence-corrected chi connectivity index (χ4v) is 2.91. The lowest BCUT2D eigenvalue weighted by atomic mass is 10.1. The molecule has 144 valence electrons. The van der Waals surface area contributed by atoms with E-state index in [4.69, 9.17) is 10.5 Å². The standard InChI is InChI=1S/C20H23N3O3.ClH/c1-13-7-8-15(22-19(24)14-5-3-2-4-6-14)11-17(13)23-20(25)18-10-9-16(12-21)26-18;/h2-8,11,16,18H,9-10,12,21H2,1H3,(H,22,24)(H,23,25);1H/t16-,18+;/m1./s1. The number of benzene rings is 2. The second-order valence-electron chi connectivity index (χ2n) is 6.40. The lowest BCUT2D eigenvalue weighted by Crippen LogP contribution is -2.30. The number of carbonyl (C=O) groups is 2. The highest BCUT2D eigenvalue weighted by Crippen LogP contribution is 2.24. The van der Waals surface area contributed by atoms with E-state index in [1.807, 2.05) is 37.3 Å². The molecule has 0 aliphatic carbocycles. The SMILES string of the molecule is Cc1ccc(NC(=O)c2ccccc2)cc1NC(=O)[C@@H]1CC[C@H](CN)O1.Cl. The summed E-state index contributed by atoms with van der Waals surface area (Å²) in [5.41, 5.74) is 8.34. The Bertz CT molecular complexity index is 798. The van der Waals surface area contributed by atoms with Crippen molar-refractivity contribution in [2.75, 3.05) is 17.2 Å². The molecule has 0 aromatic heterocycles. The molecule has 1 heterocycles. The predicted molar refractivity (Wildman–Crippen MR) is 108 cm³/mol. The van der Waals surface area contributed by atoms with E-state index in [9.17, 15) is 9.59 Å². The Morgan fingerprint density at radius 2 is 1.85 bits per heavy atom. The molecule has 2 atom stereocenters. The van der Waals surface area contributed by atoms with Crippen LogP contribution in [0.3, 0.4) is 0 Å². The molecular formula is C20H24ClN3O3. The van der Waals surface area contributed by atoms with Crippen LogP contribution in [-0.4, -0.2) is 30.6 Å². The van der Waals surface area contributed by atoms with Gasteiger partial charge in [0.15, 0.2) is 0 Å². The molecule has 2 aromatic carbocycles. The van der Waals surface area contributed by atoms with Gasteiger partial charge in [-0.2, -0.15) is 0 Å². The highest BCUT2D eigenvalue weighted by molar-refractivity contribution is 6.04. The predicted octanol–water partition coefficient (Wildman–Crippen LogP) is 3.11. The number of hydrogen-bond acceptors (Lipinski definition) is 4. The molecule has 0 bridgehead atoms. The Kier molecular flexibility index (Phi) is 7.36. The molecule has 0 radical (unpaired) electrons. The smallest absolute Gasteiger partial charge is 0.255 e. The Morgan fingerprint density at radius 3 is 2.52 bits per heavy atom. The number of rotatable bonds is 5. The minimum absolute atomic E-state index is 0. The van der Waals surface area contributed by atoms with Crippen molar-refractivity contribution in [1.82, 2.24) is 0 Å². The summed E-state index contributed by atoms with van der Waals surface area (Å²) in [7, 11) is 0. The summed E-state index contributed by atoms with van der Waals surface area (Å²) in [5.74, 6) is -0.382. The number of ether oxygens (including phenoxy) is 1. The zero-order valence-corrected chi connectivity index (χ0v) is 15.9. The van der Waals surface area contributed by atoms with Crippen LogP contribution in [0.4, 0.5) is 11.4 Å². The Balaban J connectivity index is 0.00000261. The number of halogens is 1. The van der Waals surface area contributed by atoms with Gasteiger partial charge in [0.05, 0.1) is 6.10 Å². The molecule has 1 aliphatic heterocycles. The first-order chi connectivity index (χ1) is 12.6. The van der Waals surface area contributed by atoms with E-state index >= 15 is 0 Å². The van der Waals surface area contributed by atoms with Gasteiger partial charge < -0.3 is 21.1 Å². The fraction of sp³-hybridized carbons (Fsp3) is 0.300. The molecule has 3 rings (SSSR count). The van der Waals surface area contributed by atoms with Gasteiger partial charge in [0, 0.05) is 23.5 Å². The maximum atomic E-state index is 12.4. The first kappa shape index (κ1) is 20.9. The molecule has 0 unspecified atom stereocenters. The second kappa shape index (κ2) is 9.50. The van der Waals surface area contributed by atoms with E-state index in [2.05, 4.69) is 10.6 Å². The van der Waals surface area contributed by atoms with Crippen LogP contribution in [0.15, 0.2) is 48.5 Å². The molecule has 7 heteroatoms. The zero-order valence-electron chi connectivity index (χ0n) is 15.1. The maximum absolute atomic E-state index is 12.4. The molecule has 0 saturated carbocycles. The van der Waals surface area contributed by atoms with E-state index in [-0.39, 0.29) is 30.3 Å². The maximum Gasteiger partial charge on any atom is 0.255 e. The Labute approximate surface area is 164 Å². The number of amides is 2. The van der Waals surface area contributed by atoms with Crippen LogP contribution in [-0.2, 0) is 9.53 Å². The fourth-order valence-electron chi connectivity index (χ4n) is 2.91. The second-order valence-corrected chi connectivity index (χ2v) is 6.40. The van der Waals surface area contributed by atoms with Gasteiger partial charge >= 0.3 is 0 Å². The zero-order chi connectivity index (χ0) is 18.5. The molecule has 6 nitrogen and oxygen atoms in total. The van der Waals surface area contributed by atoms with Crippen molar-refractivity contribution in [3.8, 4) is 0 Å². The average Bonchev–Trinajstić information content (AvgIpc) is 3.14. The number of carbonyl (C=O) groups excluding carboxylic acids is 2. The molecule has 0 spiro atoms. The Morgan fingerprint density at radius 1 is 1.11 bits per heavy atom. The highest BCUT2D eigenvalue weighted by atomic mass is 35.5. The minimum Gasteiger partial charge on any atom is -0.364 e. The third-order valence-electron chi connectivity index (χ3n) is 4.45. The lowest BCUT2D eigenvalue weighted by molar-refractivity contribution is -0.126. The van der Waals surface area contributed by atoms with E-state index in [0.717, 1.165) is 12.0 Å². The molecule has 27 heavy (non-hydrogen) atoms. The van der Waals surface area contributed by atoms with Gasteiger partial charge in [0.25, 0.3) is 11.8 Å². The van der Waals surface area contributed by atoms with Crippen molar-refractivity contribution in [2.24, 2.45) is 5.73 Å². The van der Waals surface area contributed by atoms with Crippen molar-refractivity contribution in [1.29, 1.82) is 0 Å². The minimum atomic E-state index is -0.481. The van der Waals surface area contributed by atoms with Crippen molar-refractivity contribution in [3.05, 3.63) is 59.7 Å². The van der Waals surface area contributed by atoms with Crippen molar-refractivity contribution in [3.63, 3.8) is 0 Å². The summed E-state index contributed by atoms with van der Waals surface area (Å²) in [5, 5.41) is 5.74. The summed E-state index contributed by atoms with van der Waals surface area (Å²) in [6.07, 6.45) is 0.923. The molecule has 4 N–H and O–H groups in total. The topological polar surface area (TPSA) is 93.5 Å². The summed E-state index contributed by atoms with van der Waals surface area (Å²) < 4.78 is 5.63. The van der Waals surface area contributed by atoms with E-state index in [1.165, 1.54) is 0 Å².